The number of nitrogens with zero attached hydrogens (tertiary/aromatic N) is 2. The molecule has 4 heteroatoms. The Morgan fingerprint density at radius 2 is 2.00 bits per heavy atom. The standard InChI is InChI=1S/C15H19N3O/c1-12-3-5-15(6-4-12)19-11-13(2)18-10-14-9-16-7-8-17-14/h3-9,13,18H,10-11H2,1-2H3. The fourth-order valence-electron chi connectivity index (χ4n) is 1.61. The van der Waals surface area contributed by atoms with E-state index in [0.717, 1.165) is 11.4 Å². The number of aromatic nitrogens is 2. The maximum atomic E-state index is 5.71. The van der Waals surface area contributed by atoms with Crippen molar-refractivity contribution in [1.82, 2.24) is 15.3 Å². The van der Waals surface area contributed by atoms with Gasteiger partial charge in [-0.15, -0.1) is 0 Å². The predicted octanol–water partition coefficient (Wildman–Crippen LogP) is 2.34. The highest BCUT2D eigenvalue weighted by Gasteiger charge is 2.03. The minimum Gasteiger partial charge on any atom is -0.492 e. The van der Waals surface area contributed by atoms with Gasteiger partial charge in [0.15, 0.2) is 0 Å². The predicted molar refractivity (Wildman–Crippen MR) is 75.0 cm³/mol. The van der Waals surface area contributed by atoms with Crippen molar-refractivity contribution in [3.8, 4) is 5.75 Å². The zero-order valence-electron chi connectivity index (χ0n) is 11.3. The molecule has 0 saturated heterocycles. The first-order chi connectivity index (χ1) is 9.24. The van der Waals surface area contributed by atoms with Crippen LogP contribution in [0.1, 0.15) is 18.2 Å². The Balaban J connectivity index is 1.72. The zero-order valence-corrected chi connectivity index (χ0v) is 11.3. The van der Waals surface area contributed by atoms with Crippen LogP contribution in [0.3, 0.4) is 0 Å². The lowest BCUT2D eigenvalue weighted by Gasteiger charge is -2.14. The number of hydrogen-bond donors (Lipinski definition) is 1. The summed E-state index contributed by atoms with van der Waals surface area (Å²) in [6.07, 6.45) is 5.14. The van der Waals surface area contributed by atoms with Gasteiger partial charge in [0.2, 0.25) is 0 Å². The summed E-state index contributed by atoms with van der Waals surface area (Å²) in [5, 5.41) is 3.35. The van der Waals surface area contributed by atoms with Gasteiger partial charge in [0.05, 0.1) is 5.69 Å². The number of nitrogens with one attached hydrogen (secondary N) is 1. The van der Waals surface area contributed by atoms with E-state index in [4.69, 9.17) is 4.74 Å². The van der Waals surface area contributed by atoms with Gasteiger partial charge in [0.25, 0.3) is 0 Å². The second-order valence-electron chi connectivity index (χ2n) is 4.60. The lowest BCUT2D eigenvalue weighted by Crippen LogP contribution is -2.31. The van der Waals surface area contributed by atoms with Crippen LogP contribution in [0.15, 0.2) is 42.9 Å². The van der Waals surface area contributed by atoms with Crippen LogP contribution in [0.4, 0.5) is 0 Å². The minimum atomic E-state index is 0.253. The Labute approximate surface area is 113 Å². The first-order valence-electron chi connectivity index (χ1n) is 6.42. The van der Waals surface area contributed by atoms with Crippen molar-refractivity contribution in [2.75, 3.05) is 6.61 Å². The molecule has 1 heterocycles. The first-order valence-corrected chi connectivity index (χ1v) is 6.42. The van der Waals surface area contributed by atoms with Crippen LogP contribution in [0, 0.1) is 6.92 Å². The minimum absolute atomic E-state index is 0.253. The van der Waals surface area contributed by atoms with Gasteiger partial charge in [-0.2, -0.15) is 0 Å². The number of aryl methyl sites for hydroxylation is 1. The molecule has 0 saturated carbocycles. The summed E-state index contributed by atoms with van der Waals surface area (Å²) in [5.74, 6) is 0.902. The molecule has 2 rings (SSSR count). The molecule has 0 bridgehead atoms. The summed E-state index contributed by atoms with van der Waals surface area (Å²) >= 11 is 0. The van der Waals surface area contributed by atoms with Crippen molar-refractivity contribution in [2.45, 2.75) is 26.4 Å². The number of hydrogen-bond acceptors (Lipinski definition) is 4. The highest BCUT2D eigenvalue weighted by molar-refractivity contribution is 5.26. The second kappa shape index (κ2) is 6.85. The largest absolute Gasteiger partial charge is 0.492 e. The monoisotopic (exact) mass is 257 g/mol. The average molecular weight is 257 g/mol. The van der Waals surface area contributed by atoms with Crippen molar-refractivity contribution < 1.29 is 4.74 Å². The topological polar surface area (TPSA) is 47.0 Å². The van der Waals surface area contributed by atoms with E-state index in [2.05, 4.69) is 29.1 Å². The van der Waals surface area contributed by atoms with Gasteiger partial charge >= 0.3 is 0 Å². The molecular weight excluding hydrogens is 238 g/mol. The summed E-state index contributed by atoms with van der Waals surface area (Å²) in [4.78, 5) is 8.24. The third-order valence-electron chi connectivity index (χ3n) is 2.77. The smallest absolute Gasteiger partial charge is 0.119 e. The van der Waals surface area contributed by atoms with E-state index in [1.54, 1.807) is 18.6 Å². The summed E-state index contributed by atoms with van der Waals surface area (Å²) in [5.41, 5.74) is 2.17. The Morgan fingerprint density at radius 1 is 1.21 bits per heavy atom. The van der Waals surface area contributed by atoms with E-state index >= 15 is 0 Å². The van der Waals surface area contributed by atoms with Gasteiger partial charge < -0.3 is 10.1 Å². The average Bonchev–Trinajstić information content (AvgIpc) is 2.45. The molecule has 0 aliphatic carbocycles. The molecule has 0 amide bonds. The number of benzene rings is 1. The molecule has 1 aromatic carbocycles. The molecule has 100 valence electrons. The van der Waals surface area contributed by atoms with Gasteiger partial charge in [-0.3, -0.25) is 9.97 Å². The summed E-state index contributed by atoms with van der Waals surface area (Å²) in [7, 11) is 0. The van der Waals surface area contributed by atoms with Crippen molar-refractivity contribution in [2.24, 2.45) is 0 Å². The Hall–Kier alpha value is -1.94. The molecule has 0 spiro atoms. The van der Waals surface area contributed by atoms with Crippen LogP contribution >= 0.6 is 0 Å². The van der Waals surface area contributed by atoms with Crippen molar-refractivity contribution in [1.29, 1.82) is 0 Å². The quantitative estimate of drug-likeness (QED) is 0.863. The fourth-order valence-corrected chi connectivity index (χ4v) is 1.61. The molecular formula is C15H19N3O. The van der Waals surface area contributed by atoms with E-state index < -0.39 is 0 Å². The molecule has 0 aliphatic heterocycles. The fraction of sp³-hybridized carbons (Fsp3) is 0.333. The van der Waals surface area contributed by atoms with E-state index in [1.807, 2.05) is 24.3 Å². The molecule has 1 unspecified atom stereocenters. The van der Waals surface area contributed by atoms with E-state index in [9.17, 15) is 0 Å². The van der Waals surface area contributed by atoms with Crippen LogP contribution in [0.25, 0.3) is 0 Å². The summed E-state index contributed by atoms with van der Waals surface area (Å²) in [6.45, 7) is 5.48. The maximum Gasteiger partial charge on any atom is 0.119 e. The zero-order chi connectivity index (χ0) is 13.5. The Kier molecular flexibility index (Phi) is 4.86. The third-order valence-corrected chi connectivity index (χ3v) is 2.77. The molecule has 0 fully saturated rings. The van der Waals surface area contributed by atoms with E-state index in [-0.39, 0.29) is 6.04 Å². The lowest BCUT2D eigenvalue weighted by molar-refractivity contribution is 0.272. The Bertz CT molecular complexity index is 485. The molecule has 0 aliphatic rings. The number of ether oxygens (including phenoxy) is 1. The molecule has 1 N–H and O–H groups in total. The highest BCUT2D eigenvalue weighted by Crippen LogP contribution is 2.11. The first kappa shape index (κ1) is 13.5. The summed E-state index contributed by atoms with van der Waals surface area (Å²) < 4.78 is 5.71. The molecule has 4 nitrogen and oxygen atoms in total. The highest BCUT2D eigenvalue weighted by atomic mass is 16.5. The van der Waals surface area contributed by atoms with Crippen LogP contribution in [0.5, 0.6) is 5.75 Å². The van der Waals surface area contributed by atoms with Crippen LogP contribution in [0.2, 0.25) is 0 Å². The van der Waals surface area contributed by atoms with Crippen LogP contribution < -0.4 is 10.1 Å². The summed E-state index contributed by atoms with van der Waals surface area (Å²) in [6, 6.07) is 8.33. The van der Waals surface area contributed by atoms with Crippen molar-refractivity contribution in [3.63, 3.8) is 0 Å². The van der Waals surface area contributed by atoms with Crippen molar-refractivity contribution >= 4 is 0 Å². The maximum absolute atomic E-state index is 5.71. The normalized spacial score (nSPS) is 12.1. The third kappa shape index (κ3) is 4.67. The van der Waals surface area contributed by atoms with Crippen LogP contribution in [-0.4, -0.2) is 22.6 Å². The molecule has 1 atom stereocenters. The van der Waals surface area contributed by atoms with Gasteiger partial charge in [-0.05, 0) is 26.0 Å². The van der Waals surface area contributed by atoms with E-state index in [1.165, 1.54) is 5.56 Å². The number of rotatable bonds is 6. The van der Waals surface area contributed by atoms with Gasteiger partial charge in [-0.25, -0.2) is 0 Å². The lowest BCUT2D eigenvalue weighted by atomic mass is 10.2. The SMILES string of the molecule is Cc1ccc(OCC(C)NCc2cnccn2)cc1. The molecule has 0 radical (unpaired) electrons. The Morgan fingerprint density at radius 3 is 2.68 bits per heavy atom. The molecule has 19 heavy (non-hydrogen) atoms. The second-order valence-corrected chi connectivity index (χ2v) is 4.60. The van der Waals surface area contributed by atoms with Crippen LogP contribution in [-0.2, 0) is 6.54 Å². The van der Waals surface area contributed by atoms with Gasteiger partial charge in [0, 0.05) is 31.2 Å². The van der Waals surface area contributed by atoms with Gasteiger partial charge in [0.1, 0.15) is 12.4 Å². The van der Waals surface area contributed by atoms with Crippen molar-refractivity contribution in [3.05, 3.63) is 54.1 Å². The van der Waals surface area contributed by atoms with Gasteiger partial charge in [-0.1, -0.05) is 17.7 Å². The molecule has 2 aromatic rings. The van der Waals surface area contributed by atoms with E-state index in [0.29, 0.717) is 13.2 Å². The molecule has 1 aromatic heterocycles.